The largest absolute Gasteiger partial charge is 0.307 e. The molecule has 72 valence electrons. The third-order valence-electron chi connectivity index (χ3n) is 3.73. The summed E-state index contributed by atoms with van der Waals surface area (Å²) in [6, 6.07) is 0. The number of hydrogen-bond acceptors (Lipinski definition) is 1. The molecular weight excluding hydrogens is 146 g/mol. The molecule has 0 aromatic heterocycles. The van der Waals surface area contributed by atoms with Gasteiger partial charge in [0.25, 0.3) is 0 Å². The van der Waals surface area contributed by atoms with Crippen molar-refractivity contribution in [1.29, 1.82) is 0 Å². The third-order valence-corrected chi connectivity index (χ3v) is 3.73. The topological polar surface area (TPSA) is 3.24 Å². The molecule has 1 aliphatic rings. The molecule has 12 heavy (non-hydrogen) atoms. The SMILES string of the molecule is CCN(C)CCC1(CC)CCC1. The molecule has 0 amide bonds. The molecule has 1 fully saturated rings. The first kappa shape index (κ1) is 10.0. The van der Waals surface area contributed by atoms with Gasteiger partial charge in [-0.15, -0.1) is 0 Å². The quantitative estimate of drug-likeness (QED) is 0.611. The van der Waals surface area contributed by atoms with Crippen molar-refractivity contribution >= 4 is 0 Å². The molecule has 0 bridgehead atoms. The van der Waals surface area contributed by atoms with Crippen LogP contribution in [-0.4, -0.2) is 25.0 Å². The van der Waals surface area contributed by atoms with E-state index < -0.39 is 0 Å². The van der Waals surface area contributed by atoms with Crippen molar-refractivity contribution in [3.8, 4) is 0 Å². The summed E-state index contributed by atoms with van der Waals surface area (Å²) in [5.41, 5.74) is 0.753. The summed E-state index contributed by atoms with van der Waals surface area (Å²) in [6.45, 7) is 7.08. The van der Waals surface area contributed by atoms with Crippen LogP contribution in [0.5, 0.6) is 0 Å². The molecule has 0 radical (unpaired) electrons. The minimum absolute atomic E-state index is 0.753. The first-order valence-corrected chi connectivity index (χ1v) is 5.41. The van der Waals surface area contributed by atoms with Crippen LogP contribution in [0.25, 0.3) is 0 Å². The van der Waals surface area contributed by atoms with Crippen molar-refractivity contribution in [2.24, 2.45) is 5.41 Å². The van der Waals surface area contributed by atoms with E-state index in [2.05, 4.69) is 25.8 Å². The molecule has 0 aliphatic heterocycles. The molecule has 0 saturated heterocycles. The van der Waals surface area contributed by atoms with Crippen molar-refractivity contribution in [2.45, 2.75) is 46.0 Å². The van der Waals surface area contributed by atoms with E-state index in [1.54, 1.807) is 0 Å². The lowest BCUT2D eigenvalue weighted by molar-refractivity contribution is 0.0978. The second-order valence-electron chi connectivity index (χ2n) is 4.35. The molecule has 0 heterocycles. The van der Waals surface area contributed by atoms with Crippen molar-refractivity contribution in [3.63, 3.8) is 0 Å². The summed E-state index contributed by atoms with van der Waals surface area (Å²) < 4.78 is 0. The van der Waals surface area contributed by atoms with E-state index in [1.165, 1.54) is 45.2 Å². The van der Waals surface area contributed by atoms with Gasteiger partial charge in [0.05, 0.1) is 0 Å². The monoisotopic (exact) mass is 169 g/mol. The van der Waals surface area contributed by atoms with Crippen molar-refractivity contribution < 1.29 is 0 Å². The zero-order valence-electron chi connectivity index (χ0n) is 8.90. The lowest BCUT2D eigenvalue weighted by Crippen LogP contribution is -2.33. The van der Waals surface area contributed by atoms with Gasteiger partial charge in [-0.05, 0) is 44.8 Å². The van der Waals surface area contributed by atoms with Crippen LogP contribution in [0.15, 0.2) is 0 Å². The number of hydrogen-bond donors (Lipinski definition) is 0. The van der Waals surface area contributed by atoms with Gasteiger partial charge in [-0.3, -0.25) is 0 Å². The Morgan fingerprint density at radius 3 is 2.25 bits per heavy atom. The summed E-state index contributed by atoms with van der Waals surface area (Å²) in [5.74, 6) is 0. The Morgan fingerprint density at radius 1 is 1.25 bits per heavy atom. The van der Waals surface area contributed by atoms with E-state index in [0.29, 0.717) is 0 Å². The van der Waals surface area contributed by atoms with Gasteiger partial charge in [0.1, 0.15) is 0 Å². The highest BCUT2D eigenvalue weighted by Gasteiger charge is 2.34. The lowest BCUT2D eigenvalue weighted by Gasteiger charge is -2.42. The molecule has 0 aromatic rings. The predicted octanol–water partition coefficient (Wildman–Crippen LogP) is 2.91. The van der Waals surface area contributed by atoms with Crippen LogP contribution in [-0.2, 0) is 0 Å². The minimum atomic E-state index is 0.753. The number of nitrogens with zero attached hydrogens (tertiary/aromatic N) is 1. The maximum atomic E-state index is 2.43. The Morgan fingerprint density at radius 2 is 1.92 bits per heavy atom. The summed E-state index contributed by atoms with van der Waals surface area (Å²) in [5, 5.41) is 0. The van der Waals surface area contributed by atoms with E-state index in [-0.39, 0.29) is 0 Å². The fourth-order valence-electron chi connectivity index (χ4n) is 2.04. The average Bonchev–Trinajstić information content (AvgIpc) is 2.03. The van der Waals surface area contributed by atoms with Crippen LogP contribution in [0, 0.1) is 5.41 Å². The van der Waals surface area contributed by atoms with Gasteiger partial charge in [-0.2, -0.15) is 0 Å². The molecule has 0 atom stereocenters. The van der Waals surface area contributed by atoms with Crippen molar-refractivity contribution in [3.05, 3.63) is 0 Å². The Bertz CT molecular complexity index is 121. The Kier molecular flexibility index (Phi) is 3.57. The van der Waals surface area contributed by atoms with Gasteiger partial charge in [-0.1, -0.05) is 26.7 Å². The van der Waals surface area contributed by atoms with Crippen LogP contribution < -0.4 is 0 Å². The maximum Gasteiger partial charge on any atom is -0.00166 e. The molecule has 0 aromatic carbocycles. The van der Waals surface area contributed by atoms with Crippen molar-refractivity contribution in [1.82, 2.24) is 4.90 Å². The molecule has 1 aliphatic carbocycles. The van der Waals surface area contributed by atoms with Crippen LogP contribution in [0.3, 0.4) is 0 Å². The summed E-state index contributed by atoms with van der Waals surface area (Å²) in [4.78, 5) is 2.43. The summed E-state index contributed by atoms with van der Waals surface area (Å²) >= 11 is 0. The van der Waals surface area contributed by atoms with Crippen LogP contribution >= 0.6 is 0 Å². The van der Waals surface area contributed by atoms with E-state index in [9.17, 15) is 0 Å². The normalized spacial score (nSPS) is 21.0. The zero-order valence-corrected chi connectivity index (χ0v) is 8.90. The van der Waals surface area contributed by atoms with E-state index in [1.807, 2.05) is 0 Å². The van der Waals surface area contributed by atoms with Crippen LogP contribution in [0.1, 0.15) is 46.0 Å². The first-order chi connectivity index (χ1) is 5.72. The summed E-state index contributed by atoms with van der Waals surface area (Å²) in [6.07, 6.45) is 7.27. The van der Waals surface area contributed by atoms with Gasteiger partial charge in [0.2, 0.25) is 0 Å². The molecule has 0 spiro atoms. The van der Waals surface area contributed by atoms with Crippen LogP contribution in [0.2, 0.25) is 0 Å². The highest BCUT2D eigenvalue weighted by Crippen LogP contribution is 2.46. The molecule has 0 unspecified atom stereocenters. The molecule has 1 rings (SSSR count). The Labute approximate surface area is 77.1 Å². The van der Waals surface area contributed by atoms with Gasteiger partial charge < -0.3 is 4.90 Å². The summed E-state index contributed by atoms with van der Waals surface area (Å²) in [7, 11) is 2.22. The minimum Gasteiger partial charge on any atom is -0.307 e. The van der Waals surface area contributed by atoms with Crippen molar-refractivity contribution in [2.75, 3.05) is 20.1 Å². The second-order valence-corrected chi connectivity index (χ2v) is 4.35. The molecule has 1 nitrogen and oxygen atoms in total. The first-order valence-electron chi connectivity index (χ1n) is 5.41. The van der Waals surface area contributed by atoms with E-state index in [4.69, 9.17) is 0 Å². The third kappa shape index (κ3) is 2.22. The van der Waals surface area contributed by atoms with Crippen LogP contribution in [0.4, 0.5) is 0 Å². The highest BCUT2D eigenvalue weighted by atomic mass is 15.1. The van der Waals surface area contributed by atoms with Gasteiger partial charge in [0, 0.05) is 0 Å². The Hall–Kier alpha value is -0.0400. The fraction of sp³-hybridized carbons (Fsp3) is 1.00. The predicted molar refractivity (Wildman–Crippen MR) is 54.4 cm³/mol. The molecule has 0 N–H and O–H groups in total. The highest BCUT2D eigenvalue weighted by molar-refractivity contribution is 4.86. The smallest absolute Gasteiger partial charge is 0.00166 e. The van der Waals surface area contributed by atoms with Gasteiger partial charge in [0.15, 0.2) is 0 Å². The number of rotatable bonds is 5. The molecule has 1 heteroatoms. The standard InChI is InChI=1S/C11H23N/c1-4-11(7-6-8-11)9-10-12(3)5-2/h4-10H2,1-3H3. The van der Waals surface area contributed by atoms with E-state index in [0.717, 1.165) is 5.41 Å². The Balaban J connectivity index is 2.20. The molecular formula is C11H23N. The van der Waals surface area contributed by atoms with E-state index >= 15 is 0 Å². The second kappa shape index (κ2) is 4.27. The van der Waals surface area contributed by atoms with Gasteiger partial charge >= 0.3 is 0 Å². The zero-order chi connectivity index (χ0) is 9.03. The lowest BCUT2D eigenvalue weighted by atomic mass is 9.65. The fourth-order valence-corrected chi connectivity index (χ4v) is 2.04. The maximum absolute atomic E-state index is 2.43. The molecule has 1 saturated carbocycles. The van der Waals surface area contributed by atoms with Gasteiger partial charge in [-0.25, -0.2) is 0 Å². The average molecular weight is 169 g/mol.